The maximum Gasteiger partial charge on any atom is 0.290 e. The van der Waals surface area contributed by atoms with Crippen molar-refractivity contribution in [2.45, 2.75) is 13.0 Å². The largest absolute Gasteiger partial charge is 0.494 e. The number of hydrogen-bond acceptors (Lipinski definition) is 4. The van der Waals surface area contributed by atoms with Crippen LogP contribution in [0.5, 0.6) is 0 Å². The van der Waals surface area contributed by atoms with Crippen molar-refractivity contribution in [3.05, 3.63) is 42.1 Å². The fourth-order valence-electron chi connectivity index (χ4n) is 1.46. The van der Waals surface area contributed by atoms with Crippen LogP contribution in [0.1, 0.15) is 18.7 Å². The third kappa shape index (κ3) is 2.96. The van der Waals surface area contributed by atoms with Gasteiger partial charge in [-0.2, -0.15) is 0 Å². The lowest BCUT2D eigenvalue weighted by Gasteiger charge is -2.17. The Morgan fingerprint density at radius 1 is 1.47 bits per heavy atom. The molecule has 0 aromatic carbocycles. The second-order valence-electron chi connectivity index (χ2n) is 3.65. The second kappa shape index (κ2) is 5.34. The summed E-state index contributed by atoms with van der Waals surface area (Å²) in [6.07, 6.45) is 3.03. The van der Waals surface area contributed by atoms with Gasteiger partial charge in [-0.15, -0.1) is 0 Å². The van der Waals surface area contributed by atoms with Gasteiger partial charge in [0.1, 0.15) is 19.5 Å². The summed E-state index contributed by atoms with van der Waals surface area (Å²) in [5.41, 5.74) is 0.804. The van der Waals surface area contributed by atoms with Crippen LogP contribution < -0.4 is 5.32 Å². The minimum absolute atomic E-state index is 0.171. The zero-order valence-corrected chi connectivity index (χ0v) is 9.55. The van der Waals surface area contributed by atoms with E-state index in [9.17, 15) is 4.79 Å². The average molecular weight is 234 g/mol. The van der Waals surface area contributed by atoms with E-state index < -0.39 is 0 Å². The maximum atomic E-state index is 11.8. The van der Waals surface area contributed by atoms with E-state index in [2.05, 4.69) is 10.3 Å². The van der Waals surface area contributed by atoms with Gasteiger partial charge in [0.15, 0.2) is 0 Å². The average Bonchev–Trinajstić information content (AvgIpc) is 2.40. The van der Waals surface area contributed by atoms with E-state index in [0.29, 0.717) is 13.2 Å². The van der Waals surface area contributed by atoms with Gasteiger partial charge in [-0.3, -0.25) is 9.78 Å². The Bertz CT molecular complexity index is 417. The second-order valence-corrected chi connectivity index (χ2v) is 3.65. The molecule has 1 aromatic heterocycles. The number of nitrogens with one attached hydrogen (secondary N) is 1. The predicted octanol–water partition coefficient (Wildman–Crippen LogP) is 1.15. The molecule has 1 aliphatic rings. The van der Waals surface area contributed by atoms with Crippen molar-refractivity contribution in [2.24, 2.45) is 0 Å². The van der Waals surface area contributed by atoms with Crippen LogP contribution >= 0.6 is 0 Å². The third-order valence-electron chi connectivity index (χ3n) is 2.35. The van der Waals surface area contributed by atoms with Crippen LogP contribution in [0, 0.1) is 0 Å². The fourth-order valence-corrected chi connectivity index (χ4v) is 1.46. The van der Waals surface area contributed by atoms with Gasteiger partial charge in [0.2, 0.25) is 5.76 Å². The molecule has 0 fully saturated rings. The SMILES string of the molecule is CC(NC(=O)C1=COCCO1)c1ccccn1. The lowest BCUT2D eigenvalue weighted by molar-refractivity contribution is -0.122. The van der Waals surface area contributed by atoms with Gasteiger partial charge < -0.3 is 14.8 Å². The molecule has 5 nitrogen and oxygen atoms in total. The summed E-state index contributed by atoms with van der Waals surface area (Å²) >= 11 is 0. The molecular formula is C12H14N2O3. The van der Waals surface area contributed by atoms with E-state index in [1.165, 1.54) is 6.26 Å². The monoisotopic (exact) mass is 234 g/mol. The first-order chi connectivity index (χ1) is 8.27. The smallest absolute Gasteiger partial charge is 0.290 e. The molecule has 0 saturated carbocycles. The van der Waals surface area contributed by atoms with Crippen molar-refractivity contribution in [1.29, 1.82) is 0 Å². The van der Waals surface area contributed by atoms with E-state index in [4.69, 9.17) is 9.47 Å². The molecule has 5 heteroatoms. The highest BCUT2D eigenvalue weighted by atomic mass is 16.6. The normalized spacial score (nSPS) is 16.2. The quantitative estimate of drug-likeness (QED) is 0.852. The number of hydrogen-bond donors (Lipinski definition) is 1. The minimum atomic E-state index is -0.289. The van der Waals surface area contributed by atoms with Crippen LogP contribution in [-0.2, 0) is 14.3 Å². The highest BCUT2D eigenvalue weighted by molar-refractivity contribution is 5.91. The zero-order chi connectivity index (χ0) is 12.1. The molecule has 0 spiro atoms. The number of ether oxygens (including phenoxy) is 2. The van der Waals surface area contributed by atoms with Crippen molar-refractivity contribution in [3.63, 3.8) is 0 Å². The zero-order valence-electron chi connectivity index (χ0n) is 9.55. The van der Waals surface area contributed by atoms with Gasteiger partial charge in [0.25, 0.3) is 5.91 Å². The van der Waals surface area contributed by atoms with Crippen LogP contribution in [0.2, 0.25) is 0 Å². The summed E-state index contributed by atoms with van der Waals surface area (Å²) in [6, 6.07) is 5.40. The number of carbonyl (C=O) groups is 1. The minimum Gasteiger partial charge on any atom is -0.494 e. The number of rotatable bonds is 3. The van der Waals surface area contributed by atoms with Crippen LogP contribution in [-0.4, -0.2) is 24.1 Å². The van der Waals surface area contributed by atoms with Gasteiger partial charge in [-0.1, -0.05) is 6.07 Å². The molecule has 1 amide bonds. The number of nitrogens with zero attached hydrogens (tertiary/aromatic N) is 1. The highest BCUT2D eigenvalue weighted by Gasteiger charge is 2.18. The third-order valence-corrected chi connectivity index (χ3v) is 2.35. The molecule has 1 atom stereocenters. The summed E-state index contributed by atoms with van der Waals surface area (Å²) in [5, 5.41) is 2.79. The van der Waals surface area contributed by atoms with Gasteiger partial charge in [0, 0.05) is 6.20 Å². The molecule has 0 radical (unpaired) electrons. The summed E-state index contributed by atoms with van der Waals surface area (Å²) in [7, 11) is 0. The number of amides is 1. The lowest BCUT2D eigenvalue weighted by Crippen LogP contribution is -2.31. The summed E-state index contributed by atoms with van der Waals surface area (Å²) < 4.78 is 10.2. The van der Waals surface area contributed by atoms with E-state index in [1.807, 2.05) is 25.1 Å². The molecule has 1 N–H and O–H groups in total. The molecular weight excluding hydrogens is 220 g/mol. The molecule has 1 aromatic rings. The topological polar surface area (TPSA) is 60.5 Å². The van der Waals surface area contributed by atoms with Gasteiger partial charge in [0.05, 0.1) is 11.7 Å². The van der Waals surface area contributed by atoms with Crippen molar-refractivity contribution in [1.82, 2.24) is 10.3 Å². The molecule has 1 unspecified atom stereocenters. The molecule has 2 heterocycles. The van der Waals surface area contributed by atoms with Crippen molar-refractivity contribution in [3.8, 4) is 0 Å². The van der Waals surface area contributed by atoms with Gasteiger partial charge >= 0.3 is 0 Å². The molecule has 0 aliphatic carbocycles. The Morgan fingerprint density at radius 2 is 2.35 bits per heavy atom. The summed E-state index contributed by atoms with van der Waals surface area (Å²) in [4.78, 5) is 15.9. The first kappa shape index (κ1) is 11.4. The van der Waals surface area contributed by atoms with Crippen LogP contribution in [0.3, 0.4) is 0 Å². The Hall–Kier alpha value is -2.04. The summed E-state index contributed by atoms with van der Waals surface area (Å²) in [6.45, 7) is 2.74. The predicted molar refractivity (Wildman–Crippen MR) is 60.8 cm³/mol. The number of pyridine rings is 1. The van der Waals surface area contributed by atoms with Crippen molar-refractivity contribution >= 4 is 5.91 Å². The lowest BCUT2D eigenvalue weighted by atomic mass is 10.2. The Kier molecular flexibility index (Phi) is 3.59. The molecule has 0 saturated heterocycles. The fraction of sp³-hybridized carbons (Fsp3) is 0.333. The van der Waals surface area contributed by atoms with Crippen LogP contribution in [0.15, 0.2) is 36.4 Å². The number of carbonyl (C=O) groups excluding carboxylic acids is 1. The molecule has 1 aliphatic heterocycles. The molecule has 17 heavy (non-hydrogen) atoms. The van der Waals surface area contributed by atoms with E-state index >= 15 is 0 Å². The van der Waals surface area contributed by atoms with Crippen LogP contribution in [0.25, 0.3) is 0 Å². The maximum absolute atomic E-state index is 11.8. The molecule has 90 valence electrons. The first-order valence-corrected chi connectivity index (χ1v) is 5.44. The molecule has 2 rings (SSSR count). The highest BCUT2D eigenvalue weighted by Crippen LogP contribution is 2.10. The van der Waals surface area contributed by atoms with Crippen molar-refractivity contribution < 1.29 is 14.3 Å². The standard InChI is InChI=1S/C12H14N2O3/c1-9(10-4-2-3-5-13-10)14-12(15)11-8-16-6-7-17-11/h2-5,8-9H,6-7H2,1H3,(H,14,15). The number of aromatic nitrogens is 1. The summed E-state index contributed by atoms with van der Waals surface area (Å²) in [5.74, 6) is -0.0816. The van der Waals surface area contributed by atoms with Crippen LogP contribution in [0.4, 0.5) is 0 Å². The Balaban J connectivity index is 1.97. The van der Waals surface area contributed by atoms with Gasteiger partial charge in [-0.05, 0) is 19.1 Å². The van der Waals surface area contributed by atoms with E-state index in [0.717, 1.165) is 5.69 Å². The molecule has 0 bridgehead atoms. The Morgan fingerprint density at radius 3 is 3.00 bits per heavy atom. The van der Waals surface area contributed by atoms with Gasteiger partial charge in [-0.25, -0.2) is 0 Å². The van der Waals surface area contributed by atoms with E-state index in [-0.39, 0.29) is 17.7 Å². The van der Waals surface area contributed by atoms with Crippen molar-refractivity contribution in [2.75, 3.05) is 13.2 Å². The first-order valence-electron chi connectivity index (χ1n) is 5.44. The Labute approximate surface area is 99.4 Å². The van der Waals surface area contributed by atoms with E-state index in [1.54, 1.807) is 6.20 Å².